The summed E-state index contributed by atoms with van der Waals surface area (Å²) < 4.78 is 1.75. The van der Waals surface area contributed by atoms with E-state index in [1.165, 1.54) is 29.8 Å². The van der Waals surface area contributed by atoms with Crippen LogP contribution in [0.2, 0.25) is 0 Å². The van der Waals surface area contributed by atoms with Crippen molar-refractivity contribution < 1.29 is 4.79 Å². The minimum atomic E-state index is 0.0716. The van der Waals surface area contributed by atoms with Crippen molar-refractivity contribution in [1.29, 1.82) is 0 Å². The molecule has 122 valence electrons. The Kier molecular flexibility index (Phi) is 2.98. The lowest BCUT2D eigenvalue weighted by molar-refractivity contribution is 0.0764. The summed E-state index contributed by atoms with van der Waals surface area (Å²) in [7, 11) is 0. The highest BCUT2D eigenvalue weighted by atomic mass is 16.2. The number of aromatic amines is 1. The van der Waals surface area contributed by atoms with Gasteiger partial charge >= 0.3 is 0 Å². The van der Waals surface area contributed by atoms with Crippen LogP contribution in [-0.2, 0) is 12.8 Å². The lowest BCUT2D eigenvalue weighted by Crippen LogP contribution is -2.33. The molecule has 6 heteroatoms. The van der Waals surface area contributed by atoms with Gasteiger partial charge in [0.25, 0.3) is 5.91 Å². The summed E-state index contributed by atoms with van der Waals surface area (Å²) >= 11 is 0. The molecular weight excluding hydrogens is 302 g/mol. The van der Waals surface area contributed by atoms with Gasteiger partial charge < -0.3 is 4.90 Å². The van der Waals surface area contributed by atoms with Gasteiger partial charge in [0, 0.05) is 37.3 Å². The topological polar surface area (TPSA) is 66.3 Å². The van der Waals surface area contributed by atoms with E-state index in [-0.39, 0.29) is 5.91 Å². The lowest BCUT2D eigenvalue weighted by Gasteiger charge is -2.19. The zero-order valence-corrected chi connectivity index (χ0v) is 13.4. The van der Waals surface area contributed by atoms with Crippen LogP contribution in [0.4, 0.5) is 0 Å². The van der Waals surface area contributed by atoms with E-state index in [0.717, 1.165) is 31.4 Å². The number of pyridine rings is 1. The molecule has 0 radical (unpaired) electrons. The summed E-state index contributed by atoms with van der Waals surface area (Å²) in [6.45, 7) is 1.47. The highest BCUT2D eigenvalue weighted by Crippen LogP contribution is 2.41. The monoisotopic (exact) mass is 321 g/mol. The highest BCUT2D eigenvalue weighted by Gasteiger charge is 2.32. The first kappa shape index (κ1) is 13.8. The van der Waals surface area contributed by atoms with Crippen LogP contribution in [0, 0.1) is 0 Å². The Labute approximate surface area is 139 Å². The van der Waals surface area contributed by atoms with Crippen molar-refractivity contribution >= 4 is 11.4 Å². The van der Waals surface area contributed by atoms with Gasteiger partial charge in [-0.05, 0) is 37.0 Å². The van der Waals surface area contributed by atoms with Crippen LogP contribution in [0.5, 0.6) is 0 Å². The zero-order chi connectivity index (χ0) is 16.1. The van der Waals surface area contributed by atoms with Crippen molar-refractivity contribution in [3.05, 3.63) is 53.1 Å². The molecule has 1 amide bonds. The van der Waals surface area contributed by atoms with E-state index in [1.807, 2.05) is 29.3 Å². The second-order valence-electron chi connectivity index (χ2n) is 6.72. The molecule has 0 unspecified atom stereocenters. The number of nitrogens with zero attached hydrogens (tertiary/aromatic N) is 4. The average Bonchev–Trinajstić information content (AvgIpc) is 3.30. The summed E-state index contributed by atoms with van der Waals surface area (Å²) in [5.74, 6) is 0.717. The van der Waals surface area contributed by atoms with Crippen LogP contribution in [-0.4, -0.2) is 43.7 Å². The Bertz CT molecular complexity index is 921. The summed E-state index contributed by atoms with van der Waals surface area (Å²) in [6, 6.07) is 5.80. The van der Waals surface area contributed by atoms with E-state index in [9.17, 15) is 4.79 Å². The van der Waals surface area contributed by atoms with E-state index in [2.05, 4.69) is 15.3 Å². The molecule has 1 fully saturated rings. The van der Waals surface area contributed by atoms with E-state index in [1.54, 1.807) is 10.7 Å². The van der Waals surface area contributed by atoms with Gasteiger partial charge in [-0.3, -0.25) is 9.89 Å². The van der Waals surface area contributed by atoms with Gasteiger partial charge in [-0.25, -0.2) is 4.52 Å². The summed E-state index contributed by atoms with van der Waals surface area (Å²) in [5, 5.41) is 12.0. The Morgan fingerprint density at radius 1 is 1.21 bits per heavy atom. The van der Waals surface area contributed by atoms with Crippen LogP contribution >= 0.6 is 0 Å². The fraction of sp³-hybridized carbons (Fsp3) is 0.389. The number of fused-ring (bicyclic) bond motifs is 2. The Hall–Kier alpha value is -2.63. The molecule has 1 N–H and O–H groups in total. The van der Waals surface area contributed by atoms with Gasteiger partial charge in [0.15, 0.2) is 0 Å². The molecule has 0 spiro atoms. The van der Waals surface area contributed by atoms with Crippen LogP contribution in [0.1, 0.15) is 46.1 Å². The van der Waals surface area contributed by atoms with Crippen molar-refractivity contribution in [1.82, 2.24) is 24.7 Å². The maximum atomic E-state index is 13.0. The summed E-state index contributed by atoms with van der Waals surface area (Å²) in [6.07, 6.45) is 7.79. The van der Waals surface area contributed by atoms with E-state index in [0.29, 0.717) is 11.5 Å². The SMILES string of the molecule is O=C(c1cnn2ccccc12)N1CCc2[nH]nc(C3CC3)c2CC1. The summed E-state index contributed by atoms with van der Waals surface area (Å²) in [4.78, 5) is 14.9. The maximum absolute atomic E-state index is 13.0. The summed E-state index contributed by atoms with van der Waals surface area (Å²) in [5.41, 5.74) is 5.36. The number of carbonyl (C=O) groups is 1. The molecule has 5 rings (SSSR count). The molecule has 0 aromatic carbocycles. The van der Waals surface area contributed by atoms with Gasteiger partial charge in [0.1, 0.15) is 0 Å². The number of H-pyrrole nitrogens is 1. The smallest absolute Gasteiger partial charge is 0.257 e. The fourth-order valence-electron chi connectivity index (χ4n) is 3.68. The quantitative estimate of drug-likeness (QED) is 0.787. The van der Waals surface area contributed by atoms with E-state index in [4.69, 9.17) is 0 Å². The molecule has 1 saturated carbocycles. The lowest BCUT2D eigenvalue weighted by atomic mass is 10.1. The minimum absolute atomic E-state index is 0.0716. The van der Waals surface area contributed by atoms with Crippen LogP contribution < -0.4 is 0 Å². The van der Waals surface area contributed by atoms with Gasteiger partial charge in [0.05, 0.1) is 23.0 Å². The molecule has 0 atom stereocenters. The van der Waals surface area contributed by atoms with Crippen LogP contribution in [0.3, 0.4) is 0 Å². The number of amides is 1. The first-order chi connectivity index (χ1) is 11.8. The number of carbonyl (C=O) groups excluding carboxylic acids is 1. The molecular formula is C18H19N5O. The molecule has 3 aromatic rings. The Balaban J connectivity index is 1.41. The zero-order valence-electron chi connectivity index (χ0n) is 13.4. The largest absolute Gasteiger partial charge is 0.338 e. The van der Waals surface area contributed by atoms with Crippen LogP contribution in [0.15, 0.2) is 30.6 Å². The first-order valence-corrected chi connectivity index (χ1v) is 8.59. The molecule has 24 heavy (non-hydrogen) atoms. The second kappa shape index (κ2) is 5.19. The molecule has 1 aliphatic heterocycles. The third kappa shape index (κ3) is 2.13. The van der Waals surface area contributed by atoms with Crippen molar-refractivity contribution in [3.8, 4) is 0 Å². The minimum Gasteiger partial charge on any atom is -0.338 e. The predicted molar refractivity (Wildman–Crippen MR) is 89.1 cm³/mol. The number of nitrogens with one attached hydrogen (secondary N) is 1. The third-order valence-electron chi connectivity index (χ3n) is 5.16. The first-order valence-electron chi connectivity index (χ1n) is 8.59. The molecule has 0 bridgehead atoms. The van der Waals surface area contributed by atoms with Gasteiger partial charge in [-0.15, -0.1) is 0 Å². The molecule has 6 nitrogen and oxygen atoms in total. The molecule has 4 heterocycles. The maximum Gasteiger partial charge on any atom is 0.257 e. The Morgan fingerprint density at radius 2 is 2.08 bits per heavy atom. The molecule has 0 saturated heterocycles. The van der Waals surface area contributed by atoms with Crippen molar-refractivity contribution in [3.63, 3.8) is 0 Å². The van der Waals surface area contributed by atoms with E-state index >= 15 is 0 Å². The predicted octanol–water partition coefficient (Wildman–Crippen LogP) is 2.18. The van der Waals surface area contributed by atoms with E-state index < -0.39 is 0 Å². The molecule has 1 aliphatic carbocycles. The number of rotatable bonds is 2. The highest BCUT2D eigenvalue weighted by molar-refractivity contribution is 6.00. The fourth-order valence-corrected chi connectivity index (χ4v) is 3.68. The third-order valence-corrected chi connectivity index (χ3v) is 5.16. The van der Waals surface area contributed by atoms with Gasteiger partial charge in [-0.2, -0.15) is 10.2 Å². The van der Waals surface area contributed by atoms with Crippen molar-refractivity contribution in [2.45, 2.75) is 31.6 Å². The number of hydrogen-bond acceptors (Lipinski definition) is 3. The second-order valence-corrected chi connectivity index (χ2v) is 6.72. The van der Waals surface area contributed by atoms with Gasteiger partial charge in [0.2, 0.25) is 0 Å². The van der Waals surface area contributed by atoms with Crippen molar-refractivity contribution in [2.24, 2.45) is 0 Å². The van der Waals surface area contributed by atoms with Crippen LogP contribution in [0.25, 0.3) is 5.52 Å². The Morgan fingerprint density at radius 3 is 2.96 bits per heavy atom. The molecule has 2 aliphatic rings. The number of hydrogen-bond donors (Lipinski definition) is 1. The van der Waals surface area contributed by atoms with Crippen molar-refractivity contribution in [2.75, 3.05) is 13.1 Å². The molecule has 3 aromatic heterocycles. The standard InChI is InChI=1S/C18H19N5O/c24-18(14-11-19-23-8-2-1-3-16(14)23)22-9-6-13-15(7-10-22)20-21-17(13)12-4-5-12/h1-3,8,11-12H,4-7,9-10H2,(H,20,21). The normalized spacial score (nSPS) is 17.8. The van der Waals surface area contributed by atoms with Gasteiger partial charge in [-0.1, -0.05) is 6.07 Å². The number of aromatic nitrogens is 4. The average molecular weight is 321 g/mol.